The summed E-state index contributed by atoms with van der Waals surface area (Å²) in [5.41, 5.74) is 1.68. The van der Waals surface area contributed by atoms with E-state index in [1.54, 1.807) is 25.3 Å². The number of nitrogens with one attached hydrogen (secondary N) is 1. The molecule has 1 amide bonds. The summed E-state index contributed by atoms with van der Waals surface area (Å²) in [6, 6.07) is 9.45. The number of ether oxygens (including phenoxy) is 1. The molecular weight excluding hydrogens is 362 g/mol. The maximum atomic E-state index is 12.8. The number of rotatable bonds is 6. The number of methoxy groups -OCH3 is 1. The minimum absolute atomic E-state index is 0.150. The van der Waals surface area contributed by atoms with Crippen molar-refractivity contribution in [3.8, 4) is 5.75 Å². The Bertz CT molecular complexity index is 767. The van der Waals surface area contributed by atoms with E-state index in [0.29, 0.717) is 22.9 Å². The molecule has 5 nitrogen and oxygen atoms in total. The molecule has 27 heavy (non-hydrogen) atoms. The van der Waals surface area contributed by atoms with Crippen LogP contribution in [0.4, 0.5) is 0 Å². The van der Waals surface area contributed by atoms with E-state index in [0.717, 1.165) is 13.1 Å². The lowest BCUT2D eigenvalue weighted by Gasteiger charge is -2.31. The van der Waals surface area contributed by atoms with Crippen LogP contribution in [0, 0.1) is 0 Å². The fourth-order valence-corrected chi connectivity index (χ4v) is 3.96. The Morgan fingerprint density at radius 2 is 1.96 bits per heavy atom. The van der Waals surface area contributed by atoms with Crippen LogP contribution in [0.15, 0.2) is 36.5 Å². The molecule has 1 N–H and O–H groups in total. The number of carbonyl (C=O) groups is 1. The van der Waals surface area contributed by atoms with Gasteiger partial charge in [-0.05, 0) is 56.3 Å². The molecule has 146 valence electrons. The fourth-order valence-electron chi connectivity index (χ4n) is 3.79. The van der Waals surface area contributed by atoms with Crippen LogP contribution in [-0.4, -0.2) is 42.1 Å². The van der Waals surface area contributed by atoms with Gasteiger partial charge in [0.05, 0.1) is 18.7 Å². The number of halogens is 1. The maximum Gasteiger partial charge on any atom is 0.255 e. The van der Waals surface area contributed by atoms with Crippen molar-refractivity contribution < 1.29 is 9.53 Å². The van der Waals surface area contributed by atoms with Gasteiger partial charge in [0, 0.05) is 30.5 Å². The molecule has 1 aromatic heterocycles. The summed E-state index contributed by atoms with van der Waals surface area (Å²) in [5, 5.41) is 3.62. The quantitative estimate of drug-likeness (QED) is 0.811. The minimum Gasteiger partial charge on any atom is -0.496 e. The first-order chi connectivity index (χ1) is 13.1. The lowest BCUT2D eigenvalue weighted by molar-refractivity contribution is 0.0928. The van der Waals surface area contributed by atoms with Crippen LogP contribution in [0.5, 0.6) is 5.75 Å². The predicted molar refractivity (Wildman–Crippen MR) is 109 cm³/mol. The van der Waals surface area contributed by atoms with Crippen LogP contribution < -0.4 is 10.1 Å². The second-order valence-electron chi connectivity index (χ2n) is 7.06. The van der Waals surface area contributed by atoms with Crippen molar-refractivity contribution in [3.05, 3.63) is 52.8 Å². The summed E-state index contributed by atoms with van der Waals surface area (Å²) < 4.78 is 7.46. The van der Waals surface area contributed by atoms with Crippen LogP contribution in [0.1, 0.15) is 47.8 Å². The van der Waals surface area contributed by atoms with Crippen molar-refractivity contribution in [1.29, 1.82) is 0 Å². The second-order valence-corrected chi connectivity index (χ2v) is 7.50. The fraction of sp³-hybridized carbons (Fsp3) is 0.476. The largest absolute Gasteiger partial charge is 0.496 e. The highest BCUT2D eigenvalue weighted by atomic mass is 35.5. The van der Waals surface area contributed by atoms with Crippen LogP contribution in [0.25, 0.3) is 0 Å². The van der Waals surface area contributed by atoms with Crippen molar-refractivity contribution in [3.63, 3.8) is 0 Å². The van der Waals surface area contributed by atoms with Gasteiger partial charge in [-0.25, -0.2) is 0 Å². The first-order valence-corrected chi connectivity index (χ1v) is 9.95. The third-order valence-corrected chi connectivity index (χ3v) is 5.50. The Balaban J connectivity index is 1.77. The average Bonchev–Trinajstić information content (AvgIpc) is 2.92. The van der Waals surface area contributed by atoms with Crippen molar-refractivity contribution in [2.45, 2.75) is 31.7 Å². The van der Waals surface area contributed by atoms with E-state index in [1.807, 2.05) is 0 Å². The van der Waals surface area contributed by atoms with Gasteiger partial charge < -0.3 is 14.6 Å². The summed E-state index contributed by atoms with van der Waals surface area (Å²) in [4.78, 5) is 15.3. The number of hydrogen-bond acceptors (Lipinski definition) is 3. The molecular formula is C21H28ClN3O2. The molecule has 0 saturated carbocycles. The number of amides is 1. The molecule has 0 radical (unpaired) electrons. The summed E-state index contributed by atoms with van der Waals surface area (Å²) >= 11 is 6.08. The molecule has 1 aliphatic heterocycles. The van der Waals surface area contributed by atoms with Gasteiger partial charge in [0.15, 0.2) is 0 Å². The molecule has 1 aliphatic rings. The SMILES string of the molecule is COc1ccc(Cl)cc1C(=O)NCC(c1cccn1C)N1CCCCCC1. The Labute approximate surface area is 166 Å². The van der Waals surface area contributed by atoms with Crippen molar-refractivity contribution in [2.24, 2.45) is 7.05 Å². The van der Waals surface area contributed by atoms with Crippen LogP contribution in [-0.2, 0) is 7.05 Å². The number of aromatic nitrogens is 1. The van der Waals surface area contributed by atoms with E-state index in [1.165, 1.54) is 31.4 Å². The molecule has 1 unspecified atom stereocenters. The molecule has 6 heteroatoms. The zero-order chi connectivity index (χ0) is 19.2. The predicted octanol–water partition coefficient (Wildman–Crippen LogP) is 4.03. The number of likely N-dealkylation sites (tertiary alicyclic amines) is 1. The normalized spacial score (nSPS) is 16.6. The molecule has 2 heterocycles. The zero-order valence-corrected chi connectivity index (χ0v) is 16.8. The van der Waals surface area contributed by atoms with Gasteiger partial charge in [-0.1, -0.05) is 24.4 Å². The van der Waals surface area contributed by atoms with Gasteiger partial charge >= 0.3 is 0 Å². The third kappa shape index (κ3) is 4.85. The van der Waals surface area contributed by atoms with Gasteiger partial charge in [0.25, 0.3) is 5.91 Å². The van der Waals surface area contributed by atoms with E-state index in [9.17, 15) is 4.79 Å². The van der Waals surface area contributed by atoms with Gasteiger partial charge in [-0.2, -0.15) is 0 Å². The van der Waals surface area contributed by atoms with Gasteiger partial charge in [0.2, 0.25) is 0 Å². The first kappa shape index (κ1) is 19.8. The molecule has 2 aromatic rings. The molecule has 1 atom stereocenters. The lowest BCUT2D eigenvalue weighted by atomic mass is 10.1. The number of carbonyl (C=O) groups excluding carboxylic acids is 1. The van der Waals surface area contributed by atoms with Crippen LogP contribution in [0.2, 0.25) is 5.02 Å². The Morgan fingerprint density at radius 1 is 1.22 bits per heavy atom. The summed E-state index contributed by atoms with van der Waals surface area (Å²) in [6.45, 7) is 2.67. The van der Waals surface area contributed by atoms with Gasteiger partial charge in [-0.15, -0.1) is 0 Å². The Hall–Kier alpha value is -1.98. The van der Waals surface area contributed by atoms with E-state index >= 15 is 0 Å². The summed E-state index contributed by atoms with van der Waals surface area (Å²) in [5.74, 6) is 0.366. The molecule has 1 saturated heterocycles. The summed E-state index contributed by atoms with van der Waals surface area (Å²) in [7, 11) is 3.62. The molecule has 0 spiro atoms. The van der Waals surface area contributed by atoms with E-state index < -0.39 is 0 Å². The van der Waals surface area contributed by atoms with Gasteiger partial charge in [-0.3, -0.25) is 9.69 Å². The van der Waals surface area contributed by atoms with Crippen molar-refractivity contribution in [1.82, 2.24) is 14.8 Å². The number of aryl methyl sites for hydroxylation is 1. The van der Waals surface area contributed by atoms with Crippen molar-refractivity contribution >= 4 is 17.5 Å². The topological polar surface area (TPSA) is 46.5 Å². The molecule has 0 aliphatic carbocycles. The highest BCUT2D eigenvalue weighted by molar-refractivity contribution is 6.31. The van der Waals surface area contributed by atoms with E-state index in [4.69, 9.17) is 16.3 Å². The average molecular weight is 390 g/mol. The Kier molecular flexibility index (Phi) is 6.80. The number of nitrogens with zero attached hydrogens (tertiary/aromatic N) is 2. The second kappa shape index (κ2) is 9.29. The minimum atomic E-state index is -0.164. The van der Waals surface area contributed by atoms with E-state index in [2.05, 4.69) is 40.2 Å². The van der Waals surface area contributed by atoms with E-state index in [-0.39, 0.29) is 11.9 Å². The van der Waals surface area contributed by atoms with Gasteiger partial charge in [0.1, 0.15) is 5.75 Å². The lowest BCUT2D eigenvalue weighted by Crippen LogP contribution is -2.39. The molecule has 0 bridgehead atoms. The maximum absolute atomic E-state index is 12.8. The first-order valence-electron chi connectivity index (χ1n) is 9.57. The molecule has 3 rings (SSSR count). The number of hydrogen-bond donors (Lipinski definition) is 1. The standard InChI is InChI=1S/C21H28ClN3O2/c1-24-11-7-8-18(24)19(25-12-5-3-4-6-13-25)15-23-21(26)17-14-16(22)9-10-20(17)27-2/h7-11,14,19H,3-6,12-13,15H2,1-2H3,(H,23,26). The summed E-state index contributed by atoms with van der Waals surface area (Å²) in [6.07, 6.45) is 7.03. The molecule has 1 fully saturated rings. The smallest absolute Gasteiger partial charge is 0.255 e. The highest BCUT2D eigenvalue weighted by Crippen LogP contribution is 2.25. The molecule has 1 aromatic carbocycles. The number of benzene rings is 1. The van der Waals surface area contributed by atoms with Crippen molar-refractivity contribution in [2.75, 3.05) is 26.7 Å². The monoisotopic (exact) mass is 389 g/mol. The Morgan fingerprint density at radius 3 is 2.59 bits per heavy atom. The highest BCUT2D eigenvalue weighted by Gasteiger charge is 2.24. The zero-order valence-electron chi connectivity index (χ0n) is 16.1. The van der Waals surface area contributed by atoms with Crippen LogP contribution >= 0.6 is 11.6 Å². The van der Waals surface area contributed by atoms with Crippen LogP contribution in [0.3, 0.4) is 0 Å². The third-order valence-electron chi connectivity index (χ3n) is 5.27.